The average Bonchev–Trinajstić information content (AvgIpc) is 3.41. The number of furan rings is 1. The van der Waals surface area contributed by atoms with E-state index in [1.54, 1.807) is 6.07 Å². The molecule has 0 spiro atoms. The number of benzene rings is 3. The minimum Gasteiger partial charge on any atom is -0.453 e. The Morgan fingerprint density at radius 1 is 0.833 bits per heavy atom. The fraction of sp³-hybridized carbons (Fsp3) is 0.0400. The van der Waals surface area contributed by atoms with Crippen molar-refractivity contribution in [2.45, 2.75) is 6.42 Å². The second-order valence-corrected chi connectivity index (χ2v) is 6.97. The van der Waals surface area contributed by atoms with Crippen LogP contribution in [0.25, 0.3) is 33.6 Å². The lowest BCUT2D eigenvalue weighted by Crippen LogP contribution is -2.15. The highest BCUT2D eigenvalue weighted by molar-refractivity contribution is 5.96. The molecular formula is C25H18N2O3. The summed E-state index contributed by atoms with van der Waals surface area (Å²) in [6.45, 7) is 0. The third kappa shape index (κ3) is 3.61. The lowest BCUT2D eigenvalue weighted by Gasteiger charge is -2.10. The zero-order chi connectivity index (χ0) is 20.3. The summed E-state index contributed by atoms with van der Waals surface area (Å²) in [6, 6.07) is 29.0. The lowest BCUT2D eigenvalue weighted by atomic mass is 10.0. The maximum Gasteiger partial charge on any atom is 0.230 e. The van der Waals surface area contributed by atoms with E-state index in [0.29, 0.717) is 17.2 Å². The van der Waals surface area contributed by atoms with Crippen molar-refractivity contribution in [2.75, 3.05) is 5.32 Å². The Balaban J connectivity index is 1.33. The van der Waals surface area contributed by atoms with Crippen molar-refractivity contribution in [3.63, 3.8) is 0 Å². The number of rotatable bonds is 5. The van der Waals surface area contributed by atoms with Crippen LogP contribution in [0, 0.1) is 0 Å². The zero-order valence-electron chi connectivity index (χ0n) is 16.0. The molecule has 0 aliphatic carbocycles. The van der Waals surface area contributed by atoms with E-state index in [1.165, 1.54) is 0 Å². The number of nitrogens with one attached hydrogen (secondary N) is 1. The fourth-order valence-corrected chi connectivity index (χ4v) is 3.44. The van der Waals surface area contributed by atoms with Gasteiger partial charge in [-0.3, -0.25) is 4.79 Å². The highest BCUT2D eigenvalue weighted by atomic mass is 16.5. The van der Waals surface area contributed by atoms with Gasteiger partial charge in [0, 0.05) is 22.7 Å². The van der Waals surface area contributed by atoms with E-state index < -0.39 is 0 Å². The van der Waals surface area contributed by atoms with Crippen LogP contribution in [-0.4, -0.2) is 11.1 Å². The smallest absolute Gasteiger partial charge is 0.230 e. The fourth-order valence-electron chi connectivity index (χ4n) is 3.44. The monoisotopic (exact) mass is 394 g/mol. The molecule has 0 unspecified atom stereocenters. The molecule has 0 saturated carbocycles. The first-order valence-corrected chi connectivity index (χ1v) is 9.65. The standard InChI is InChI=1S/C25H18N2O3/c28-25(26-21-12-6-5-11-20(21)17-8-2-1-3-9-17)16-19-15-24(30-27-19)23-14-18-10-4-7-13-22(18)29-23/h1-15H,16H2,(H,26,28). The quantitative estimate of drug-likeness (QED) is 0.401. The Morgan fingerprint density at radius 2 is 1.60 bits per heavy atom. The number of aromatic nitrogens is 1. The van der Waals surface area contributed by atoms with Crippen molar-refractivity contribution in [1.82, 2.24) is 5.16 Å². The van der Waals surface area contributed by atoms with Crippen LogP contribution in [-0.2, 0) is 11.2 Å². The predicted octanol–water partition coefficient (Wildman–Crippen LogP) is 5.94. The number of hydrogen-bond donors (Lipinski definition) is 1. The van der Waals surface area contributed by atoms with Crippen LogP contribution in [0.2, 0.25) is 0 Å². The first kappa shape index (κ1) is 17.9. The maximum atomic E-state index is 12.6. The number of anilines is 1. The number of para-hydroxylation sites is 2. The van der Waals surface area contributed by atoms with Crippen molar-refractivity contribution < 1.29 is 13.7 Å². The molecule has 3 aromatic carbocycles. The molecule has 2 heterocycles. The molecule has 1 amide bonds. The number of carbonyl (C=O) groups excluding carboxylic acids is 1. The van der Waals surface area contributed by atoms with E-state index in [-0.39, 0.29) is 12.3 Å². The molecule has 1 N–H and O–H groups in total. The Hall–Kier alpha value is -4.12. The van der Waals surface area contributed by atoms with Crippen LogP contribution >= 0.6 is 0 Å². The summed E-state index contributed by atoms with van der Waals surface area (Å²) in [7, 11) is 0. The van der Waals surface area contributed by atoms with E-state index in [1.807, 2.05) is 84.9 Å². The van der Waals surface area contributed by atoms with Crippen LogP contribution in [0.1, 0.15) is 5.69 Å². The van der Waals surface area contributed by atoms with E-state index in [0.717, 1.165) is 27.8 Å². The number of fused-ring (bicyclic) bond motifs is 1. The van der Waals surface area contributed by atoms with Gasteiger partial charge < -0.3 is 14.3 Å². The van der Waals surface area contributed by atoms with Crippen molar-refractivity contribution in [3.8, 4) is 22.6 Å². The minimum absolute atomic E-state index is 0.104. The minimum atomic E-state index is -0.164. The molecular weight excluding hydrogens is 376 g/mol. The summed E-state index contributed by atoms with van der Waals surface area (Å²) in [5.41, 5.74) is 4.09. The Morgan fingerprint density at radius 3 is 2.47 bits per heavy atom. The summed E-state index contributed by atoms with van der Waals surface area (Å²) in [5, 5.41) is 8.00. The Kier molecular flexibility index (Phi) is 4.62. The van der Waals surface area contributed by atoms with Gasteiger partial charge in [-0.15, -0.1) is 0 Å². The van der Waals surface area contributed by atoms with E-state index >= 15 is 0 Å². The average molecular weight is 394 g/mol. The lowest BCUT2D eigenvalue weighted by molar-refractivity contribution is -0.115. The van der Waals surface area contributed by atoms with Crippen molar-refractivity contribution in [1.29, 1.82) is 0 Å². The van der Waals surface area contributed by atoms with Gasteiger partial charge in [-0.25, -0.2) is 0 Å². The largest absolute Gasteiger partial charge is 0.453 e. The van der Waals surface area contributed by atoms with E-state index in [2.05, 4.69) is 10.5 Å². The third-order valence-corrected chi connectivity index (χ3v) is 4.85. The SMILES string of the molecule is O=C(Cc1cc(-c2cc3ccccc3o2)on1)Nc1ccccc1-c1ccccc1. The molecule has 0 fully saturated rings. The number of carbonyl (C=O) groups is 1. The van der Waals surface area contributed by atoms with Crippen molar-refractivity contribution >= 4 is 22.6 Å². The van der Waals surface area contributed by atoms with Gasteiger partial charge in [0.15, 0.2) is 5.76 Å². The highest BCUT2D eigenvalue weighted by Crippen LogP contribution is 2.29. The van der Waals surface area contributed by atoms with Gasteiger partial charge >= 0.3 is 0 Å². The molecule has 5 rings (SSSR count). The number of amides is 1. The number of hydrogen-bond acceptors (Lipinski definition) is 4. The first-order chi connectivity index (χ1) is 14.8. The molecule has 0 saturated heterocycles. The topological polar surface area (TPSA) is 68.3 Å². The molecule has 5 heteroatoms. The predicted molar refractivity (Wildman–Crippen MR) is 116 cm³/mol. The van der Waals surface area contributed by atoms with Gasteiger partial charge in [-0.05, 0) is 23.8 Å². The summed E-state index contributed by atoms with van der Waals surface area (Å²) in [4.78, 5) is 12.6. The molecule has 0 radical (unpaired) electrons. The second kappa shape index (κ2) is 7.72. The van der Waals surface area contributed by atoms with E-state index in [4.69, 9.17) is 8.94 Å². The van der Waals surface area contributed by atoms with E-state index in [9.17, 15) is 4.79 Å². The third-order valence-electron chi connectivity index (χ3n) is 4.85. The second-order valence-electron chi connectivity index (χ2n) is 6.97. The van der Waals surface area contributed by atoms with Gasteiger partial charge in [-0.1, -0.05) is 71.9 Å². The molecule has 5 aromatic rings. The van der Waals surface area contributed by atoms with Gasteiger partial charge in [0.05, 0.1) is 12.1 Å². The Labute approximate surface area is 172 Å². The normalized spacial score (nSPS) is 10.9. The molecule has 146 valence electrons. The summed E-state index contributed by atoms with van der Waals surface area (Å²) < 4.78 is 11.2. The van der Waals surface area contributed by atoms with Gasteiger partial charge in [0.2, 0.25) is 11.7 Å². The summed E-state index contributed by atoms with van der Waals surface area (Å²) in [5.74, 6) is 0.923. The summed E-state index contributed by atoms with van der Waals surface area (Å²) >= 11 is 0. The van der Waals surface area contributed by atoms with Gasteiger partial charge in [-0.2, -0.15) is 0 Å². The molecule has 0 bridgehead atoms. The molecule has 0 aliphatic rings. The number of nitrogens with zero attached hydrogens (tertiary/aromatic N) is 1. The zero-order valence-corrected chi connectivity index (χ0v) is 16.0. The first-order valence-electron chi connectivity index (χ1n) is 9.65. The van der Waals surface area contributed by atoms with Gasteiger partial charge in [0.1, 0.15) is 5.58 Å². The van der Waals surface area contributed by atoms with Crippen LogP contribution < -0.4 is 5.32 Å². The van der Waals surface area contributed by atoms with Crippen LogP contribution in [0.3, 0.4) is 0 Å². The molecule has 2 aromatic heterocycles. The highest BCUT2D eigenvalue weighted by Gasteiger charge is 2.15. The van der Waals surface area contributed by atoms with Crippen LogP contribution in [0.15, 0.2) is 99.9 Å². The van der Waals surface area contributed by atoms with Crippen molar-refractivity contribution in [2.24, 2.45) is 0 Å². The van der Waals surface area contributed by atoms with Crippen LogP contribution in [0.4, 0.5) is 5.69 Å². The van der Waals surface area contributed by atoms with Crippen molar-refractivity contribution in [3.05, 3.63) is 96.7 Å². The summed E-state index contributed by atoms with van der Waals surface area (Å²) in [6.07, 6.45) is 0.104. The van der Waals surface area contributed by atoms with Gasteiger partial charge in [0.25, 0.3) is 0 Å². The molecule has 0 atom stereocenters. The molecule has 30 heavy (non-hydrogen) atoms. The Bertz CT molecular complexity index is 1290. The molecule has 0 aliphatic heterocycles. The maximum absolute atomic E-state index is 12.6. The molecule has 5 nitrogen and oxygen atoms in total. The van der Waals surface area contributed by atoms with Crippen LogP contribution in [0.5, 0.6) is 0 Å².